The maximum Gasteiger partial charge on any atom is 0.244 e. The molecule has 2 N–H and O–H groups in total. The van der Waals surface area contributed by atoms with Crippen molar-refractivity contribution in [1.82, 2.24) is 0 Å². The highest BCUT2D eigenvalue weighted by molar-refractivity contribution is 5.92. The summed E-state index contributed by atoms with van der Waals surface area (Å²) in [5.74, 6) is -0.317. The molecule has 2 nitrogen and oxygen atoms in total. The molecule has 0 saturated carbocycles. The lowest BCUT2D eigenvalue weighted by atomic mass is 9.68. The molecular formula is C40H55NO. The van der Waals surface area contributed by atoms with Gasteiger partial charge in [-0.2, -0.15) is 0 Å². The van der Waals surface area contributed by atoms with Gasteiger partial charge in [-0.1, -0.05) is 200 Å². The Morgan fingerprint density at radius 3 is 1.14 bits per heavy atom. The van der Waals surface area contributed by atoms with Crippen LogP contribution in [-0.4, -0.2) is 5.91 Å². The lowest BCUT2D eigenvalue weighted by Crippen LogP contribution is -2.29. The zero-order valence-corrected chi connectivity index (χ0v) is 26.2. The van der Waals surface area contributed by atoms with Crippen LogP contribution >= 0.6 is 0 Å². The topological polar surface area (TPSA) is 43.1 Å². The van der Waals surface area contributed by atoms with Gasteiger partial charge >= 0.3 is 0 Å². The van der Waals surface area contributed by atoms with Gasteiger partial charge in [0.25, 0.3) is 0 Å². The van der Waals surface area contributed by atoms with Crippen molar-refractivity contribution in [3.8, 4) is 0 Å². The first-order valence-corrected chi connectivity index (χ1v) is 16.9. The predicted molar refractivity (Wildman–Crippen MR) is 181 cm³/mol. The van der Waals surface area contributed by atoms with E-state index in [0.29, 0.717) is 6.42 Å². The molecule has 3 aromatic carbocycles. The molecule has 0 spiro atoms. The molecule has 42 heavy (non-hydrogen) atoms. The molecule has 0 unspecified atom stereocenters. The molecule has 0 aliphatic carbocycles. The first-order chi connectivity index (χ1) is 20.7. The Morgan fingerprint density at radius 2 is 0.833 bits per heavy atom. The highest BCUT2D eigenvalue weighted by Crippen LogP contribution is 2.41. The number of carbonyl (C=O) groups excluding carboxylic acids is 1. The van der Waals surface area contributed by atoms with Gasteiger partial charge in [-0.25, -0.2) is 0 Å². The SMILES string of the molecule is CCCCCCCCCCCCCCCCCC/C(=C/C(c1ccccc1)(c1ccccc1)c1ccccc1)C(N)=O. The third kappa shape index (κ3) is 10.9. The molecule has 0 bridgehead atoms. The quantitative estimate of drug-likeness (QED) is 0.0735. The number of amides is 1. The third-order valence-corrected chi connectivity index (χ3v) is 8.69. The molecule has 0 saturated heterocycles. The summed E-state index contributed by atoms with van der Waals surface area (Å²) < 4.78 is 0. The first kappa shape index (κ1) is 33.4. The molecule has 3 aromatic rings. The summed E-state index contributed by atoms with van der Waals surface area (Å²) in [6.45, 7) is 2.29. The molecule has 0 fully saturated rings. The highest BCUT2D eigenvalue weighted by Gasteiger charge is 2.35. The lowest BCUT2D eigenvalue weighted by molar-refractivity contribution is -0.114. The molecular weight excluding hydrogens is 510 g/mol. The van der Waals surface area contributed by atoms with Gasteiger partial charge in [0.05, 0.1) is 5.41 Å². The standard InChI is InChI=1S/C40H55NO/c1-2-3-4-5-6-7-8-9-10-11-12-13-14-15-16-20-27-35(39(41)42)34-40(36-28-21-17-22-29-36,37-30-23-18-24-31-37)38-32-25-19-26-33-38/h17-19,21-26,28-34H,2-16,20,27H2,1H3,(H2,41,42)/b35-34-. The van der Waals surface area contributed by atoms with Crippen molar-refractivity contribution in [3.05, 3.63) is 119 Å². The van der Waals surface area contributed by atoms with Crippen LogP contribution in [0.2, 0.25) is 0 Å². The molecule has 0 aromatic heterocycles. The number of unbranched alkanes of at least 4 members (excludes halogenated alkanes) is 15. The average Bonchev–Trinajstić information content (AvgIpc) is 3.03. The van der Waals surface area contributed by atoms with E-state index in [1.807, 2.05) is 18.2 Å². The number of primary amides is 1. The summed E-state index contributed by atoms with van der Waals surface area (Å²) in [5, 5.41) is 0. The summed E-state index contributed by atoms with van der Waals surface area (Å²) in [4.78, 5) is 12.8. The van der Waals surface area contributed by atoms with Gasteiger partial charge < -0.3 is 5.73 Å². The van der Waals surface area contributed by atoms with E-state index >= 15 is 0 Å². The van der Waals surface area contributed by atoms with Crippen molar-refractivity contribution in [3.63, 3.8) is 0 Å². The fraction of sp³-hybridized carbons (Fsp3) is 0.475. The smallest absolute Gasteiger partial charge is 0.244 e. The van der Waals surface area contributed by atoms with E-state index in [-0.39, 0.29) is 5.91 Å². The number of nitrogens with two attached hydrogens (primary N) is 1. The first-order valence-electron chi connectivity index (χ1n) is 16.9. The molecule has 0 atom stereocenters. The van der Waals surface area contributed by atoms with Crippen LogP contribution in [0.25, 0.3) is 0 Å². The predicted octanol–water partition coefficient (Wildman–Crippen LogP) is 11.1. The zero-order chi connectivity index (χ0) is 29.7. The van der Waals surface area contributed by atoms with E-state index in [2.05, 4.69) is 85.8 Å². The summed E-state index contributed by atoms with van der Waals surface area (Å²) in [5.41, 5.74) is 9.56. The second-order valence-corrected chi connectivity index (χ2v) is 12.0. The molecule has 1 amide bonds. The maximum atomic E-state index is 12.8. The van der Waals surface area contributed by atoms with Crippen LogP contribution in [0.15, 0.2) is 103 Å². The van der Waals surface area contributed by atoms with Crippen molar-refractivity contribution in [2.75, 3.05) is 0 Å². The Bertz CT molecular complexity index is 1040. The van der Waals surface area contributed by atoms with Gasteiger partial charge in [0.15, 0.2) is 0 Å². The summed E-state index contributed by atoms with van der Waals surface area (Å²) in [6.07, 6.45) is 24.2. The maximum absolute atomic E-state index is 12.8. The molecule has 2 heteroatoms. The van der Waals surface area contributed by atoms with Crippen LogP contribution in [0, 0.1) is 0 Å². The largest absolute Gasteiger partial charge is 0.366 e. The number of carbonyl (C=O) groups is 1. The molecule has 0 heterocycles. The second-order valence-electron chi connectivity index (χ2n) is 12.0. The number of rotatable bonds is 22. The Kier molecular flexibility index (Phi) is 15.8. The Hall–Kier alpha value is -3.13. The minimum atomic E-state index is -0.594. The van der Waals surface area contributed by atoms with Crippen LogP contribution in [0.3, 0.4) is 0 Å². The van der Waals surface area contributed by atoms with Crippen molar-refractivity contribution >= 4 is 5.91 Å². The lowest BCUT2D eigenvalue weighted by Gasteiger charge is -2.34. The summed E-state index contributed by atoms with van der Waals surface area (Å²) in [7, 11) is 0. The van der Waals surface area contributed by atoms with Gasteiger partial charge in [0.2, 0.25) is 5.91 Å². The fourth-order valence-corrected chi connectivity index (χ4v) is 6.24. The zero-order valence-electron chi connectivity index (χ0n) is 26.2. The molecule has 0 radical (unpaired) electrons. The van der Waals surface area contributed by atoms with Crippen LogP contribution < -0.4 is 5.73 Å². The monoisotopic (exact) mass is 565 g/mol. The minimum absolute atomic E-state index is 0.317. The van der Waals surface area contributed by atoms with Crippen molar-refractivity contribution in [2.24, 2.45) is 5.73 Å². The Labute approximate surface area is 256 Å². The van der Waals surface area contributed by atoms with Crippen LogP contribution in [0.5, 0.6) is 0 Å². The van der Waals surface area contributed by atoms with Crippen molar-refractivity contribution in [2.45, 2.75) is 121 Å². The van der Waals surface area contributed by atoms with E-state index < -0.39 is 5.41 Å². The van der Waals surface area contributed by atoms with Crippen LogP contribution in [0.1, 0.15) is 133 Å². The Balaban J connectivity index is 1.53. The minimum Gasteiger partial charge on any atom is -0.366 e. The van der Waals surface area contributed by atoms with E-state index in [1.54, 1.807) is 0 Å². The van der Waals surface area contributed by atoms with Gasteiger partial charge in [-0.15, -0.1) is 0 Å². The van der Waals surface area contributed by atoms with Crippen LogP contribution in [0.4, 0.5) is 0 Å². The van der Waals surface area contributed by atoms with Gasteiger partial charge in [-0.05, 0) is 29.5 Å². The molecule has 3 rings (SSSR count). The van der Waals surface area contributed by atoms with E-state index in [9.17, 15) is 4.79 Å². The normalized spacial score (nSPS) is 12.0. The van der Waals surface area contributed by atoms with Gasteiger partial charge in [0, 0.05) is 5.57 Å². The van der Waals surface area contributed by atoms with Crippen molar-refractivity contribution < 1.29 is 4.79 Å². The molecule has 0 aliphatic heterocycles. The fourth-order valence-electron chi connectivity index (χ4n) is 6.24. The number of benzene rings is 3. The van der Waals surface area contributed by atoms with Crippen molar-refractivity contribution in [1.29, 1.82) is 0 Å². The summed E-state index contributed by atoms with van der Waals surface area (Å²) >= 11 is 0. The van der Waals surface area contributed by atoms with Crippen LogP contribution in [-0.2, 0) is 10.2 Å². The molecule has 0 aliphatic rings. The van der Waals surface area contributed by atoms with Gasteiger partial charge in [-0.3, -0.25) is 4.79 Å². The number of hydrogen-bond donors (Lipinski definition) is 1. The van der Waals surface area contributed by atoms with E-state index in [1.165, 1.54) is 89.9 Å². The van der Waals surface area contributed by atoms with Gasteiger partial charge in [0.1, 0.15) is 0 Å². The highest BCUT2D eigenvalue weighted by atomic mass is 16.1. The molecule has 226 valence electrons. The average molecular weight is 566 g/mol. The Morgan fingerprint density at radius 1 is 0.524 bits per heavy atom. The summed E-state index contributed by atoms with van der Waals surface area (Å²) in [6, 6.07) is 31.5. The third-order valence-electron chi connectivity index (χ3n) is 8.69. The number of hydrogen-bond acceptors (Lipinski definition) is 1. The number of allylic oxidation sites excluding steroid dienone is 1. The van der Waals surface area contributed by atoms with E-state index in [4.69, 9.17) is 5.73 Å². The second kappa shape index (κ2) is 19.9. The van der Waals surface area contributed by atoms with E-state index in [0.717, 1.165) is 35.1 Å².